The Morgan fingerprint density at radius 1 is 1.03 bits per heavy atom. The maximum Gasteiger partial charge on any atom is 0.336 e. The van der Waals surface area contributed by atoms with Crippen molar-refractivity contribution in [3.63, 3.8) is 0 Å². The molecule has 0 bridgehead atoms. The van der Waals surface area contributed by atoms with Crippen molar-refractivity contribution in [1.29, 1.82) is 0 Å². The molecule has 2 aromatic carbocycles. The monoisotopic (exact) mass is 416 g/mol. The summed E-state index contributed by atoms with van der Waals surface area (Å²) in [4.78, 5) is 16.8. The van der Waals surface area contributed by atoms with Gasteiger partial charge in [0.05, 0.1) is 5.52 Å². The maximum absolute atomic E-state index is 12.0. The van der Waals surface area contributed by atoms with Crippen molar-refractivity contribution in [3.8, 4) is 0 Å². The van der Waals surface area contributed by atoms with Crippen LogP contribution in [-0.4, -0.2) is 19.7 Å². The van der Waals surface area contributed by atoms with Gasteiger partial charge in [0.25, 0.3) is 0 Å². The summed E-state index contributed by atoms with van der Waals surface area (Å²) in [6.45, 7) is 6.97. The van der Waals surface area contributed by atoms with E-state index in [-0.39, 0.29) is 5.63 Å². The zero-order valence-electron chi connectivity index (χ0n) is 17.0. The van der Waals surface area contributed by atoms with Gasteiger partial charge in [-0.15, -0.1) is 10.2 Å². The van der Waals surface area contributed by atoms with Crippen molar-refractivity contribution in [2.24, 2.45) is 0 Å². The Labute approximate surface area is 176 Å². The summed E-state index contributed by atoms with van der Waals surface area (Å²) in [5, 5.41) is 11.4. The van der Waals surface area contributed by atoms with Gasteiger partial charge in [0.1, 0.15) is 11.1 Å². The van der Waals surface area contributed by atoms with Gasteiger partial charge < -0.3 is 8.98 Å². The van der Waals surface area contributed by atoms with E-state index in [1.165, 1.54) is 11.8 Å². The molecule has 3 heterocycles. The van der Waals surface area contributed by atoms with Crippen LogP contribution in [0.1, 0.15) is 23.6 Å². The van der Waals surface area contributed by atoms with E-state index in [9.17, 15) is 4.79 Å². The van der Waals surface area contributed by atoms with E-state index in [4.69, 9.17) is 9.40 Å². The lowest BCUT2D eigenvalue weighted by Crippen LogP contribution is -2.02. The lowest BCUT2D eigenvalue weighted by atomic mass is 10.0. The van der Waals surface area contributed by atoms with Crippen LogP contribution in [0.3, 0.4) is 0 Å². The van der Waals surface area contributed by atoms with Gasteiger partial charge in [-0.3, -0.25) is 0 Å². The van der Waals surface area contributed by atoms with E-state index in [1.807, 2.05) is 31.2 Å². The highest BCUT2D eigenvalue weighted by Crippen LogP contribution is 2.29. The second-order valence-corrected chi connectivity index (χ2v) is 8.28. The fourth-order valence-corrected chi connectivity index (χ4v) is 4.59. The minimum Gasteiger partial charge on any atom is -0.423 e. The molecule has 6 nitrogen and oxygen atoms in total. The Morgan fingerprint density at radius 2 is 1.83 bits per heavy atom. The molecule has 0 amide bonds. The molecule has 0 aliphatic rings. The second kappa shape index (κ2) is 7.25. The normalized spacial score (nSPS) is 11.7. The summed E-state index contributed by atoms with van der Waals surface area (Å²) in [6, 6.07) is 13.7. The average molecular weight is 417 g/mol. The van der Waals surface area contributed by atoms with Crippen molar-refractivity contribution in [3.05, 3.63) is 69.6 Å². The van der Waals surface area contributed by atoms with Gasteiger partial charge in [0.15, 0.2) is 5.65 Å². The predicted molar refractivity (Wildman–Crippen MR) is 120 cm³/mol. The Kier molecular flexibility index (Phi) is 4.55. The lowest BCUT2D eigenvalue weighted by molar-refractivity contribution is 0.559. The van der Waals surface area contributed by atoms with Crippen LogP contribution in [-0.2, 0) is 12.3 Å². The number of aryl methyl sites for hydroxylation is 3. The molecule has 0 saturated heterocycles. The molecule has 0 saturated carbocycles. The smallest absolute Gasteiger partial charge is 0.336 e. The largest absolute Gasteiger partial charge is 0.423 e. The summed E-state index contributed by atoms with van der Waals surface area (Å²) in [5.41, 5.74) is 6.19. The van der Waals surface area contributed by atoms with Gasteiger partial charge in [0.2, 0.25) is 5.16 Å². The first-order valence-electron chi connectivity index (χ1n) is 9.83. The molecular formula is C23H20N4O2S. The van der Waals surface area contributed by atoms with Crippen molar-refractivity contribution in [2.45, 2.75) is 38.2 Å². The first-order chi connectivity index (χ1) is 14.5. The van der Waals surface area contributed by atoms with Gasteiger partial charge in [-0.25, -0.2) is 9.78 Å². The molecule has 0 atom stereocenters. The number of nitrogens with zero attached hydrogens (tertiary/aromatic N) is 4. The summed E-state index contributed by atoms with van der Waals surface area (Å²) in [7, 11) is 0. The molecule has 0 spiro atoms. The Balaban J connectivity index is 1.55. The van der Waals surface area contributed by atoms with E-state index >= 15 is 0 Å². The number of rotatable bonds is 4. The number of fused-ring (bicyclic) bond motifs is 4. The molecule has 5 aromatic rings. The zero-order valence-corrected chi connectivity index (χ0v) is 17.8. The van der Waals surface area contributed by atoms with Crippen molar-refractivity contribution < 1.29 is 4.42 Å². The minimum atomic E-state index is -0.345. The minimum absolute atomic E-state index is 0.345. The molecule has 7 heteroatoms. The number of para-hydroxylation sites is 1. The van der Waals surface area contributed by atoms with Gasteiger partial charge >= 0.3 is 5.63 Å². The number of hydrogen-bond donors (Lipinski definition) is 0. The van der Waals surface area contributed by atoms with Crippen LogP contribution in [0.4, 0.5) is 0 Å². The van der Waals surface area contributed by atoms with Crippen LogP contribution in [0.25, 0.3) is 33.0 Å². The van der Waals surface area contributed by atoms with Crippen molar-refractivity contribution in [1.82, 2.24) is 19.7 Å². The lowest BCUT2D eigenvalue weighted by Gasteiger charge is -2.08. The van der Waals surface area contributed by atoms with Crippen LogP contribution in [0.15, 0.2) is 56.8 Å². The van der Waals surface area contributed by atoms with Gasteiger partial charge in [-0.1, -0.05) is 30.0 Å². The molecular weight excluding hydrogens is 396 g/mol. The summed E-state index contributed by atoms with van der Waals surface area (Å²) in [5.74, 6) is 0.560. The highest BCUT2D eigenvalue weighted by atomic mass is 32.2. The average Bonchev–Trinajstić information content (AvgIpc) is 3.06. The molecule has 30 heavy (non-hydrogen) atoms. The Bertz CT molecular complexity index is 1490. The summed E-state index contributed by atoms with van der Waals surface area (Å²) in [6.07, 6.45) is 0. The maximum atomic E-state index is 12.0. The molecule has 5 rings (SSSR count). The molecule has 0 aliphatic carbocycles. The first kappa shape index (κ1) is 18.8. The van der Waals surface area contributed by atoms with Crippen LogP contribution >= 0.6 is 11.8 Å². The van der Waals surface area contributed by atoms with Crippen LogP contribution in [0.5, 0.6) is 0 Å². The third-order valence-electron chi connectivity index (χ3n) is 5.47. The molecule has 0 fully saturated rings. The third-order valence-corrected chi connectivity index (χ3v) is 6.36. The topological polar surface area (TPSA) is 73.8 Å². The van der Waals surface area contributed by atoms with E-state index in [0.29, 0.717) is 16.5 Å². The third kappa shape index (κ3) is 3.06. The van der Waals surface area contributed by atoms with E-state index in [0.717, 1.165) is 50.7 Å². The standard InChI is InChI=1S/C23H20N4O2S/c1-4-27-18-8-6-5-7-16(18)21-22(27)24-23(26-25-21)30-12-15-11-20(28)29-19-10-14(3)13(2)9-17(15)19/h5-11H,4,12H2,1-3H3. The molecule has 0 aliphatic heterocycles. The molecule has 150 valence electrons. The van der Waals surface area contributed by atoms with Crippen molar-refractivity contribution in [2.75, 3.05) is 0 Å². The van der Waals surface area contributed by atoms with Gasteiger partial charge in [-0.05, 0) is 55.7 Å². The van der Waals surface area contributed by atoms with Crippen LogP contribution < -0.4 is 5.63 Å². The Morgan fingerprint density at radius 3 is 2.67 bits per heavy atom. The molecule has 0 N–H and O–H groups in total. The first-order valence-corrected chi connectivity index (χ1v) is 10.8. The van der Waals surface area contributed by atoms with Crippen LogP contribution in [0, 0.1) is 13.8 Å². The zero-order chi connectivity index (χ0) is 20.8. The van der Waals surface area contributed by atoms with Gasteiger partial charge in [-0.2, -0.15) is 0 Å². The summed E-state index contributed by atoms with van der Waals surface area (Å²) >= 11 is 1.47. The number of benzene rings is 2. The van der Waals surface area contributed by atoms with Crippen molar-refractivity contribution >= 4 is 44.8 Å². The predicted octanol–water partition coefficient (Wildman–Crippen LogP) is 5.01. The highest BCUT2D eigenvalue weighted by Gasteiger charge is 2.15. The van der Waals surface area contributed by atoms with Gasteiger partial charge in [0, 0.05) is 29.1 Å². The summed E-state index contributed by atoms with van der Waals surface area (Å²) < 4.78 is 7.55. The van der Waals surface area contributed by atoms with E-state index < -0.39 is 0 Å². The fourth-order valence-electron chi connectivity index (χ4n) is 3.82. The SMILES string of the molecule is CCn1c2ccccc2c2nnc(SCc3cc(=O)oc4cc(C)c(C)cc34)nc21. The molecule has 0 radical (unpaired) electrons. The molecule has 0 unspecified atom stereocenters. The number of aromatic nitrogens is 4. The van der Waals surface area contributed by atoms with Crippen LogP contribution in [0.2, 0.25) is 0 Å². The fraction of sp³-hybridized carbons (Fsp3) is 0.217. The molecule has 3 aromatic heterocycles. The number of thioether (sulfide) groups is 1. The van der Waals surface area contributed by atoms with E-state index in [2.05, 4.69) is 40.7 Å². The second-order valence-electron chi connectivity index (χ2n) is 7.34. The number of hydrogen-bond acceptors (Lipinski definition) is 6. The quantitative estimate of drug-likeness (QED) is 0.303. The van der Waals surface area contributed by atoms with E-state index in [1.54, 1.807) is 6.07 Å². The highest BCUT2D eigenvalue weighted by molar-refractivity contribution is 7.98. The Hall–Kier alpha value is -3.19.